The number of nitrogens with one attached hydrogen (secondary N) is 2. The zero-order valence-corrected chi connectivity index (χ0v) is 18.0. The Hall–Kier alpha value is -2.52. The Labute approximate surface area is 186 Å². The van der Waals surface area contributed by atoms with Crippen LogP contribution in [0.15, 0.2) is 24.3 Å². The number of ether oxygens (including phenoxy) is 1. The normalized spacial score (nSPS) is 18.3. The first-order chi connectivity index (χ1) is 14.9. The van der Waals surface area contributed by atoms with Crippen molar-refractivity contribution in [1.29, 1.82) is 0 Å². The third-order valence-electron chi connectivity index (χ3n) is 4.99. The molecule has 2 N–H and O–H groups in total. The molecule has 1 aliphatic carbocycles. The van der Waals surface area contributed by atoms with E-state index in [1.165, 1.54) is 6.07 Å². The SMILES string of the molecule is O=CC1CCC(Oc2ccc(C(=O)NCCNC(=O)c3ccc(Cl)s3)c(F)c2F)CC1. The van der Waals surface area contributed by atoms with Crippen LogP contribution in [-0.4, -0.2) is 37.3 Å². The van der Waals surface area contributed by atoms with Gasteiger partial charge >= 0.3 is 0 Å². The molecule has 0 aliphatic heterocycles. The number of hydrogen-bond acceptors (Lipinski definition) is 5. The van der Waals surface area contributed by atoms with Crippen molar-refractivity contribution in [3.05, 3.63) is 50.7 Å². The third kappa shape index (κ3) is 6.01. The third-order valence-corrected chi connectivity index (χ3v) is 6.22. The number of carbonyl (C=O) groups is 3. The van der Waals surface area contributed by atoms with Gasteiger partial charge in [-0.25, -0.2) is 4.39 Å². The molecular weight excluding hydrogens is 450 g/mol. The van der Waals surface area contributed by atoms with Gasteiger partial charge in [0, 0.05) is 19.0 Å². The first-order valence-corrected chi connectivity index (χ1v) is 11.0. The number of halogens is 3. The van der Waals surface area contributed by atoms with Crippen LogP contribution in [0.25, 0.3) is 0 Å². The van der Waals surface area contributed by atoms with Gasteiger partial charge in [0.2, 0.25) is 5.82 Å². The van der Waals surface area contributed by atoms with Gasteiger partial charge in [-0.15, -0.1) is 11.3 Å². The predicted octanol–water partition coefficient (Wildman–Crippen LogP) is 3.98. The number of thiophene rings is 1. The Morgan fingerprint density at radius 2 is 1.71 bits per heavy atom. The topological polar surface area (TPSA) is 84.5 Å². The van der Waals surface area contributed by atoms with Crippen molar-refractivity contribution in [1.82, 2.24) is 10.6 Å². The maximum Gasteiger partial charge on any atom is 0.261 e. The van der Waals surface area contributed by atoms with Crippen LogP contribution in [0.4, 0.5) is 8.78 Å². The van der Waals surface area contributed by atoms with E-state index < -0.39 is 23.1 Å². The van der Waals surface area contributed by atoms with E-state index in [0.29, 0.717) is 34.9 Å². The molecule has 2 aromatic rings. The van der Waals surface area contributed by atoms with E-state index in [-0.39, 0.29) is 36.8 Å². The molecule has 0 radical (unpaired) electrons. The Balaban J connectivity index is 1.50. The second-order valence-corrected chi connectivity index (χ2v) is 8.86. The molecule has 10 heteroatoms. The van der Waals surface area contributed by atoms with Crippen molar-refractivity contribution in [3.8, 4) is 5.75 Å². The molecule has 6 nitrogen and oxygen atoms in total. The van der Waals surface area contributed by atoms with Crippen molar-refractivity contribution in [2.24, 2.45) is 5.92 Å². The fourth-order valence-corrected chi connectivity index (χ4v) is 4.25. The smallest absolute Gasteiger partial charge is 0.261 e. The quantitative estimate of drug-likeness (QED) is 0.451. The Bertz CT molecular complexity index is 961. The largest absolute Gasteiger partial charge is 0.487 e. The van der Waals surface area contributed by atoms with Gasteiger partial charge in [-0.1, -0.05) is 11.6 Å². The molecular formula is C21H21ClF2N2O4S. The summed E-state index contributed by atoms with van der Waals surface area (Å²) in [6.45, 7) is 0.137. The van der Waals surface area contributed by atoms with E-state index in [0.717, 1.165) is 23.7 Å². The summed E-state index contributed by atoms with van der Waals surface area (Å²) in [6, 6.07) is 5.56. The molecule has 0 saturated heterocycles. The summed E-state index contributed by atoms with van der Waals surface area (Å²) in [5.41, 5.74) is -0.453. The van der Waals surface area contributed by atoms with Crippen molar-refractivity contribution in [2.75, 3.05) is 13.1 Å². The van der Waals surface area contributed by atoms with Crippen LogP contribution in [0.2, 0.25) is 4.34 Å². The Kier molecular flexibility index (Phi) is 7.97. The molecule has 0 atom stereocenters. The predicted molar refractivity (Wildman–Crippen MR) is 113 cm³/mol. The van der Waals surface area contributed by atoms with Gasteiger partial charge < -0.3 is 20.2 Å². The van der Waals surface area contributed by atoms with Crippen molar-refractivity contribution in [2.45, 2.75) is 31.8 Å². The molecule has 3 rings (SSSR count). The first kappa shape index (κ1) is 23.1. The summed E-state index contributed by atoms with van der Waals surface area (Å²) in [5, 5.41) is 5.03. The second kappa shape index (κ2) is 10.7. The maximum absolute atomic E-state index is 14.4. The minimum atomic E-state index is -1.30. The van der Waals surface area contributed by atoms with Crippen LogP contribution in [0, 0.1) is 17.6 Å². The van der Waals surface area contributed by atoms with Gasteiger partial charge in [0.1, 0.15) is 6.29 Å². The second-order valence-electron chi connectivity index (χ2n) is 7.15. The van der Waals surface area contributed by atoms with Crippen LogP contribution in [0.5, 0.6) is 5.75 Å². The van der Waals surface area contributed by atoms with E-state index in [4.69, 9.17) is 16.3 Å². The monoisotopic (exact) mass is 470 g/mol. The minimum absolute atomic E-state index is 0.0135. The summed E-state index contributed by atoms with van der Waals surface area (Å²) in [4.78, 5) is 35.3. The molecule has 1 heterocycles. The van der Waals surface area contributed by atoms with Crippen LogP contribution in [0.3, 0.4) is 0 Å². The lowest BCUT2D eigenvalue weighted by Gasteiger charge is -2.26. The lowest BCUT2D eigenvalue weighted by atomic mass is 9.88. The fourth-order valence-electron chi connectivity index (χ4n) is 3.29. The highest BCUT2D eigenvalue weighted by Gasteiger charge is 2.25. The zero-order valence-electron chi connectivity index (χ0n) is 16.5. The average molecular weight is 471 g/mol. The van der Waals surface area contributed by atoms with Gasteiger partial charge in [-0.2, -0.15) is 4.39 Å². The van der Waals surface area contributed by atoms with E-state index in [2.05, 4.69) is 10.6 Å². The zero-order chi connectivity index (χ0) is 22.4. The molecule has 1 aromatic heterocycles. The Morgan fingerprint density at radius 1 is 1.03 bits per heavy atom. The summed E-state index contributed by atoms with van der Waals surface area (Å²) in [7, 11) is 0. The molecule has 1 aromatic carbocycles. The molecule has 0 bridgehead atoms. The molecule has 0 unspecified atom stereocenters. The van der Waals surface area contributed by atoms with Gasteiger partial charge in [-0.3, -0.25) is 9.59 Å². The molecule has 1 aliphatic rings. The Morgan fingerprint density at radius 3 is 2.32 bits per heavy atom. The summed E-state index contributed by atoms with van der Waals surface area (Å²) in [5.74, 6) is -3.94. The van der Waals surface area contributed by atoms with Crippen molar-refractivity contribution < 1.29 is 27.9 Å². The minimum Gasteiger partial charge on any atom is -0.487 e. The first-order valence-electron chi connectivity index (χ1n) is 9.80. The van der Waals surface area contributed by atoms with Gasteiger partial charge in [-0.05, 0) is 49.9 Å². The number of aldehydes is 1. The number of benzene rings is 1. The van der Waals surface area contributed by atoms with E-state index in [1.807, 2.05) is 0 Å². The standard InChI is InChI=1S/C21H21ClF2N2O4S/c22-17-8-7-16(31-17)21(29)26-10-9-25-20(28)14-5-6-15(19(24)18(14)23)30-13-3-1-12(11-27)2-4-13/h5-8,11-13H,1-4,9-10H2,(H,25,28)(H,26,29). The number of hydrogen-bond donors (Lipinski definition) is 2. The summed E-state index contributed by atoms with van der Waals surface area (Å²) in [6.07, 6.45) is 3.06. The molecule has 2 amide bonds. The van der Waals surface area contributed by atoms with E-state index in [9.17, 15) is 23.2 Å². The molecule has 0 spiro atoms. The van der Waals surface area contributed by atoms with Crippen LogP contribution < -0.4 is 15.4 Å². The summed E-state index contributed by atoms with van der Waals surface area (Å²) >= 11 is 6.90. The molecule has 166 valence electrons. The van der Waals surface area contributed by atoms with Crippen molar-refractivity contribution in [3.63, 3.8) is 0 Å². The lowest BCUT2D eigenvalue weighted by Crippen LogP contribution is -2.34. The molecule has 1 fully saturated rings. The van der Waals surface area contributed by atoms with Crippen LogP contribution >= 0.6 is 22.9 Å². The van der Waals surface area contributed by atoms with Gasteiger partial charge in [0.25, 0.3) is 11.8 Å². The number of carbonyl (C=O) groups excluding carboxylic acids is 3. The summed E-state index contributed by atoms with van der Waals surface area (Å²) < 4.78 is 34.8. The number of rotatable bonds is 8. The van der Waals surface area contributed by atoms with Crippen LogP contribution in [0.1, 0.15) is 45.7 Å². The molecule has 31 heavy (non-hydrogen) atoms. The molecule has 1 saturated carbocycles. The average Bonchev–Trinajstić information content (AvgIpc) is 3.21. The highest BCUT2D eigenvalue weighted by Crippen LogP contribution is 2.29. The highest BCUT2D eigenvalue weighted by atomic mass is 35.5. The van der Waals surface area contributed by atoms with E-state index in [1.54, 1.807) is 12.1 Å². The van der Waals surface area contributed by atoms with Crippen molar-refractivity contribution >= 4 is 41.0 Å². The maximum atomic E-state index is 14.4. The van der Waals surface area contributed by atoms with Gasteiger partial charge in [0.05, 0.1) is 20.9 Å². The van der Waals surface area contributed by atoms with Crippen LogP contribution in [-0.2, 0) is 4.79 Å². The van der Waals surface area contributed by atoms with Gasteiger partial charge in [0.15, 0.2) is 11.6 Å². The fraction of sp³-hybridized carbons (Fsp3) is 0.381. The number of amides is 2. The lowest BCUT2D eigenvalue weighted by molar-refractivity contribution is -0.112. The van der Waals surface area contributed by atoms with E-state index >= 15 is 0 Å². The highest BCUT2D eigenvalue weighted by molar-refractivity contribution is 7.17.